The Morgan fingerprint density at radius 1 is 0.938 bits per heavy atom. The van der Waals surface area contributed by atoms with Crippen LogP contribution in [0.5, 0.6) is 17.2 Å². The summed E-state index contributed by atoms with van der Waals surface area (Å²) >= 11 is 0. The predicted molar refractivity (Wildman–Crippen MR) is 129 cm³/mol. The molecule has 0 amide bonds. The van der Waals surface area contributed by atoms with Crippen LogP contribution in [-0.4, -0.2) is 31.6 Å². The third kappa shape index (κ3) is 6.52. The Kier molecular flexibility index (Phi) is 8.60. The van der Waals surface area contributed by atoms with Crippen LogP contribution >= 0.6 is 0 Å². The normalized spacial score (nSPS) is 19.1. The molecule has 2 aromatic rings. The van der Waals surface area contributed by atoms with Crippen molar-refractivity contribution in [2.45, 2.75) is 65.6 Å². The third-order valence-corrected chi connectivity index (χ3v) is 5.72. The summed E-state index contributed by atoms with van der Waals surface area (Å²) in [5.74, 6) is 2.76. The zero-order valence-corrected chi connectivity index (χ0v) is 19.9. The number of ether oxygens (including phenoxy) is 3. The molecule has 0 atom stereocenters. The highest BCUT2D eigenvalue weighted by Gasteiger charge is 2.25. The van der Waals surface area contributed by atoms with Crippen LogP contribution in [0.2, 0.25) is 0 Å². The van der Waals surface area contributed by atoms with E-state index in [9.17, 15) is 0 Å². The molecule has 5 heteroatoms. The molecule has 0 N–H and O–H groups in total. The van der Waals surface area contributed by atoms with Crippen molar-refractivity contribution in [1.29, 1.82) is 0 Å². The van der Waals surface area contributed by atoms with Gasteiger partial charge in [-0.2, -0.15) is 0 Å². The van der Waals surface area contributed by atoms with E-state index < -0.39 is 0 Å². The minimum Gasteiger partial charge on any atom is -0.490 e. The van der Waals surface area contributed by atoms with Crippen molar-refractivity contribution in [3.63, 3.8) is 0 Å². The number of rotatable bonds is 9. The van der Waals surface area contributed by atoms with Gasteiger partial charge in [-0.25, -0.2) is 0 Å². The Hall–Kier alpha value is -2.95. The topological polar surface area (TPSA) is 49.3 Å². The number of allylic oxidation sites excluding steroid dienone is 1. The third-order valence-electron chi connectivity index (χ3n) is 5.72. The molecule has 0 aliphatic heterocycles. The van der Waals surface area contributed by atoms with Crippen LogP contribution in [0, 0.1) is 13.8 Å². The lowest BCUT2D eigenvalue weighted by molar-refractivity contribution is 0.0798. The second-order valence-corrected chi connectivity index (χ2v) is 8.28. The molecule has 1 saturated carbocycles. The second-order valence-electron chi connectivity index (χ2n) is 8.28. The zero-order chi connectivity index (χ0) is 22.9. The highest BCUT2D eigenvalue weighted by atomic mass is 16.6. The van der Waals surface area contributed by atoms with Crippen LogP contribution in [-0.2, 0) is 4.84 Å². The van der Waals surface area contributed by atoms with Gasteiger partial charge in [-0.15, -0.1) is 0 Å². The van der Waals surface area contributed by atoms with Gasteiger partial charge in [0.05, 0.1) is 17.9 Å². The fraction of sp³-hybridized carbons (Fsp3) is 0.444. The standard InChI is InChI=1S/C27H35NO4/c1-6-7-16-30-26-17-19(2)27(20(3)18-26)32-25-14-12-24(13-15-25)31-23-10-8-22(9-11-23)21(4)28-29-5/h6-11,17-18,24-25H,12-16H2,1-5H3/b7-6+,28-21?. The summed E-state index contributed by atoms with van der Waals surface area (Å²) in [6, 6.07) is 12.1. The van der Waals surface area contributed by atoms with Gasteiger partial charge in [0.15, 0.2) is 0 Å². The number of nitrogens with zero attached hydrogens (tertiary/aromatic N) is 1. The summed E-state index contributed by atoms with van der Waals surface area (Å²) in [4.78, 5) is 4.84. The molecule has 1 fully saturated rings. The van der Waals surface area contributed by atoms with E-state index in [1.807, 2.05) is 50.3 Å². The van der Waals surface area contributed by atoms with Gasteiger partial charge in [-0.1, -0.05) is 17.3 Å². The molecule has 1 aliphatic rings. The molecule has 3 rings (SSSR count). The number of oxime groups is 1. The average Bonchev–Trinajstić information content (AvgIpc) is 2.78. The molecule has 5 nitrogen and oxygen atoms in total. The number of hydrogen-bond acceptors (Lipinski definition) is 5. The molecule has 1 aliphatic carbocycles. The minimum atomic E-state index is 0.220. The van der Waals surface area contributed by atoms with Crippen LogP contribution in [0.1, 0.15) is 56.2 Å². The number of aryl methyl sites for hydroxylation is 2. The zero-order valence-electron chi connectivity index (χ0n) is 19.9. The van der Waals surface area contributed by atoms with E-state index in [2.05, 4.69) is 31.1 Å². The van der Waals surface area contributed by atoms with Crippen LogP contribution in [0.4, 0.5) is 0 Å². The van der Waals surface area contributed by atoms with E-state index in [0.29, 0.717) is 6.61 Å². The highest BCUT2D eigenvalue weighted by Crippen LogP contribution is 2.33. The summed E-state index contributed by atoms with van der Waals surface area (Å²) in [5, 5.41) is 3.97. The van der Waals surface area contributed by atoms with Gasteiger partial charge in [0.2, 0.25) is 0 Å². The van der Waals surface area contributed by atoms with Crippen molar-refractivity contribution in [3.05, 3.63) is 65.2 Å². The van der Waals surface area contributed by atoms with Gasteiger partial charge in [-0.3, -0.25) is 0 Å². The Labute approximate surface area is 192 Å². The monoisotopic (exact) mass is 437 g/mol. The molecule has 0 saturated heterocycles. The molecular formula is C27H35NO4. The summed E-state index contributed by atoms with van der Waals surface area (Å²) in [6.45, 7) is 8.68. The predicted octanol–water partition coefficient (Wildman–Crippen LogP) is 6.40. The summed E-state index contributed by atoms with van der Waals surface area (Å²) in [7, 11) is 1.56. The summed E-state index contributed by atoms with van der Waals surface area (Å²) in [5.41, 5.74) is 4.11. The lowest BCUT2D eigenvalue weighted by Crippen LogP contribution is -2.30. The fourth-order valence-electron chi connectivity index (χ4n) is 4.01. The maximum atomic E-state index is 6.41. The Morgan fingerprint density at radius 3 is 2.09 bits per heavy atom. The molecule has 0 spiro atoms. The van der Waals surface area contributed by atoms with Crippen LogP contribution in [0.25, 0.3) is 0 Å². The first-order chi connectivity index (χ1) is 15.5. The maximum Gasteiger partial charge on any atom is 0.125 e. The minimum absolute atomic E-state index is 0.220. The number of benzene rings is 2. The van der Waals surface area contributed by atoms with Crippen molar-refractivity contribution >= 4 is 5.71 Å². The summed E-state index contributed by atoms with van der Waals surface area (Å²) < 4.78 is 18.4. The molecule has 32 heavy (non-hydrogen) atoms. The first-order valence-corrected chi connectivity index (χ1v) is 11.4. The van der Waals surface area contributed by atoms with Gasteiger partial charge in [-0.05, 0) is 106 Å². The van der Waals surface area contributed by atoms with Crippen LogP contribution < -0.4 is 14.2 Å². The van der Waals surface area contributed by atoms with E-state index in [1.54, 1.807) is 7.11 Å². The van der Waals surface area contributed by atoms with Gasteiger partial charge in [0.25, 0.3) is 0 Å². The van der Waals surface area contributed by atoms with Crippen molar-refractivity contribution in [1.82, 2.24) is 0 Å². The molecule has 172 valence electrons. The molecular weight excluding hydrogens is 402 g/mol. The molecule has 0 heterocycles. The van der Waals surface area contributed by atoms with Crippen molar-refractivity contribution < 1.29 is 19.0 Å². The molecule has 2 aromatic carbocycles. The molecule has 0 unspecified atom stereocenters. The Bertz CT molecular complexity index is 902. The lowest BCUT2D eigenvalue weighted by Gasteiger charge is -2.30. The van der Waals surface area contributed by atoms with E-state index in [0.717, 1.165) is 65.3 Å². The van der Waals surface area contributed by atoms with Crippen molar-refractivity contribution in [3.8, 4) is 17.2 Å². The van der Waals surface area contributed by atoms with Crippen molar-refractivity contribution in [2.24, 2.45) is 5.16 Å². The smallest absolute Gasteiger partial charge is 0.125 e. The number of hydrogen-bond donors (Lipinski definition) is 0. The molecule has 0 radical (unpaired) electrons. The van der Waals surface area contributed by atoms with Gasteiger partial charge < -0.3 is 19.0 Å². The van der Waals surface area contributed by atoms with Gasteiger partial charge >= 0.3 is 0 Å². The lowest BCUT2D eigenvalue weighted by atomic mass is 9.94. The van der Waals surface area contributed by atoms with E-state index >= 15 is 0 Å². The second kappa shape index (κ2) is 11.6. The van der Waals surface area contributed by atoms with Crippen LogP contribution in [0.15, 0.2) is 53.7 Å². The maximum absolute atomic E-state index is 6.41. The first-order valence-electron chi connectivity index (χ1n) is 11.4. The van der Waals surface area contributed by atoms with Gasteiger partial charge in [0, 0.05) is 0 Å². The largest absolute Gasteiger partial charge is 0.490 e. The quantitative estimate of drug-likeness (QED) is 0.259. The Balaban J connectivity index is 1.51. The SMILES string of the molecule is C/C=C/COc1cc(C)c(OC2CCC(Oc3ccc(C(C)=NOC)cc3)CC2)c(C)c1. The first kappa shape index (κ1) is 23.7. The van der Waals surface area contributed by atoms with E-state index in [-0.39, 0.29) is 12.2 Å². The molecule has 0 bridgehead atoms. The molecule has 0 aromatic heterocycles. The highest BCUT2D eigenvalue weighted by molar-refractivity contribution is 5.98. The average molecular weight is 438 g/mol. The van der Waals surface area contributed by atoms with E-state index in [1.165, 1.54) is 0 Å². The van der Waals surface area contributed by atoms with E-state index in [4.69, 9.17) is 19.0 Å². The van der Waals surface area contributed by atoms with Crippen molar-refractivity contribution in [2.75, 3.05) is 13.7 Å². The van der Waals surface area contributed by atoms with Gasteiger partial charge in [0.1, 0.15) is 31.0 Å². The summed E-state index contributed by atoms with van der Waals surface area (Å²) in [6.07, 6.45) is 8.38. The van der Waals surface area contributed by atoms with Crippen LogP contribution in [0.3, 0.4) is 0 Å². The Morgan fingerprint density at radius 2 is 1.53 bits per heavy atom. The fourth-order valence-corrected chi connectivity index (χ4v) is 4.01.